The molecule has 0 fully saturated rings. The molecule has 1 aromatic rings. The topological polar surface area (TPSA) is 26.0 Å². The van der Waals surface area contributed by atoms with Crippen LogP contribution in [0.25, 0.3) is 0 Å². The van der Waals surface area contributed by atoms with E-state index in [1.54, 1.807) is 24.3 Å². The van der Waals surface area contributed by atoms with E-state index in [1.807, 2.05) is 0 Å². The molecule has 0 aliphatic rings. The normalized spacial score (nSPS) is 7.44. The van der Waals surface area contributed by atoms with Crippen LogP contribution < -0.4 is 5.73 Å². The minimum atomic E-state index is 0.791. The molecule has 0 unspecified atom stereocenters. The molecule has 0 radical (unpaired) electrons. The zero-order valence-electron chi connectivity index (χ0n) is 4.97. The third-order valence-corrected chi connectivity index (χ3v) is 0.744. The van der Waals surface area contributed by atoms with Crippen molar-refractivity contribution in [2.24, 2.45) is 0 Å². The number of rotatable bonds is 0. The molecule has 0 atom stereocenters. The summed E-state index contributed by atoms with van der Waals surface area (Å²) in [5.41, 5.74) is 6.13. The summed E-state index contributed by atoms with van der Waals surface area (Å²) in [6, 6.07) is 10.0. The molecular formula is C6H6INZn. The maximum atomic E-state index is 5.34. The van der Waals surface area contributed by atoms with Gasteiger partial charge in [0.2, 0.25) is 0 Å². The fourth-order valence-electron chi connectivity index (χ4n) is 0.400. The van der Waals surface area contributed by atoms with Gasteiger partial charge in [-0.1, -0.05) is 5.69 Å². The fraction of sp³-hybridized carbons (Fsp3) is 0. The third-order valence-electron chi connectivity index (χ3n) is 0.744. The molecule has 1 rings (SSSR count). The van der Waals surface area contributed by atoms with E-state index >= 15 is 0 Å². The van der Waals surface area contributed by atoms with Crippen molar-refractivity contribution in [1.82, 2.24) is 0 Å². The van der Waals surface area contributed by atoms with E-state index in [9.17, 15) is 0 Å². The summed E-state index contributed by atoms with van der Waals surface area (Å²) in [6.45, 7) is 0. The van der Waals surface area contributed by atoms with Crippen LogP contribution in [0.5, 0.6) is 0 Å². The number of hydrogen-bond donors (Lipinski definition) is 1. The molecule has 1 nitrogen and oxygen atoms in total. The van der Waals surface area contributed by atoms with Crippen molar-refractivity contribution in [2.75, 3.05) is 5.73 Å². The monoisotopic (exact) mass is 283 g/mol. The van der Waals surface area contributed by atoms with E-state index in [0.29, 0.717) is 0 Å². The number of halogens is 1. The van der Waals surface area contributed by atoms with Gasteiger partial charge < -0.3 is 5.73 Å². The van der Waals surface area contributed by atoms with E-state index < -0.39 is 0 Å². The van der Waals surface area contributed by atoms with E-state index in [4.69, 9.17) is 5.73 Å². The summed E-state index contributed by atoms with van der Waals surface area (Å²) in [5, 5.41) is 0. The SMILES string of the molecule is Nc1cc[c-]cc1.[Zn+][I]. The van der Waals surface area contributed by atoms with Crippen molar-refractivity contribution in [1.29, 1.82) is 0 Å². The van der Waals surface area contributed by atoms with Gasteiger partial charge in [-0.15, -0.1) is 12.1 Å². The Labute approximate surface area is 75.9 Å². The molecule has 0 aromatic heterocycles. The van der Waals surface area contributed by atoms with Gasteiger partial charge in [0, 0.05) is 0 Å². The van der Waals surface area contributed by atoms with Crippen molar-refractivity contribution in [3.63, 3.8) is 0 Å². The number of nitrogens with two attached hydrogens (primary N) is 1. The van der Waals surface area contributed by atoms with Gasteiger partial charge in [-0.05, 0) is 0 Å². The second-order valence-corrected chi connectivity index (χ2v) is 1.33. The van der Waals surface area contributed by atoms with E-state index in [2.05, 4.69) is 25.8 Å². The van der Waals surface area contributed by atoms with Gasteiger partial charge in [0.1, 0.15) is 0 Å². The number of hydrogen-bond acceptors (Lipinski definition) is 1. The summed E-state index contributed by atoms with van der Waals surface area (Å²) in [4.78, 5) is 0. The van der Waals surface area contributed by atoms with Crippen LogP contribution in [0.1, 0.15) is 0 Å². The molecule has 44 valence electrons. The molecule has 3 heteroatoms. The van der Waals surface area contributed by atoms with Crippen molar-refractivity contribution in [2.45, 2.75) is 0 Å². The molecule has 0 bridgehead atoms. The number of benzene rings is 1. The van der Waals surface area contributed by atoms with Gasteiger partial charge in [0.25, 0.3) is 0 Å². The fourth-order valence-corrected chi connectivity index (χ4v) is 0.400. The molecule has 0 aliphatic carbocycles. The van der Waals surface area contributed by atoms with Gasteiger partial charge in [-0.25, -0.2) is 0 Å². The molecule has 1 aromatic carbocycles. The quantitative estimate of drug-likeness (QED) is 0.335. The van der Waals surface area contributed by atoms with Gasteiger partial charge in [-0.3, -0.25) is 0 Å². The second-order valence-electron chi connectivity index (χ2n) is 1.33. The molecule has 0 saturated carbocycles. The molecule has 0 aliphatic heterocycles. The molecule has 0 amide bonds. The third kappa shape index (κ3) is 4.85. The first-order chi connectivity index (χ1) is 4.39. The Morgan fingerprint density at radius 3 is 2.00 bits per heavy atom. The van der Waals surface area contributed by atoms with E-state index in [-0.39, 0.29) is 0 Å². The average Bonchev–Trinajstić information content (AvgIpc) is 1.94. The molecule has 0 heterocycles. The summed E-state index contributed by atoms with van der Waals surface area (Å²) in [5.74, 6) is 0. The summed E-state index contributed by atoms with van der Waals surface area (Å²) in [7, 11) is 0. The van der Waals surface area contributed by atoms with Crippen LogP contribution in [0.3, 0.4) is 0 Å². The minimum absolute atomic E-state index is 0.791. The predicted octanol–water partition coefficient (Wildman–Crippen LogP) is 1.95. The predicted molar refractivity (Wildman–Crippen MR) is 43.7 cm³/mol. The van der Waals surface area contributed by atoms with Crippen LogP contribution in [-0.4, -0.2) is 0 Å². The van der Waals surface area contributed by atoms with Crippen molar-refractivity contribution >= 4 is 25.4 Å². The molecular weight excluding hydrogens is 278 g/mol. The Balaban J connectivity index is 0.000000291. The van der Waals surface area contributed by atoms with Crippen LogP contribution >= 0.6 is 19.8 Å². The Morgan fingerprint density at radius 1 is 1.33 bits per heavy atom. The van der Waals surface area contributed by atoms with Crippen LogP contribution in [-0.2, 0) is 14.8 Å². The van der Waals surface area contributed by atoms with Gasteiger partial charge in [0.05, 0.1) is 0 Å². The summed E-state index contributed by atoms with van der Waals surface area (Å²) in [6.07, 6.45) is 0. The van der Waals surface area contributed by atoms with Gasteiger partial charge >= 0.3 is 34.5 Å². The Morgan fingerprint density at radius 2 is 1.78 bits per heavy atom. The maximum absolute atomic E-state index is 5.34. The average molecular weight is 284 g/mol. The Bertz CT molecular complexity index is 143. The van der Waals surface area contributed by atoms with Gasteiger partial charge in [0.15, 0.2) is 0 Å². The van der Waals surface area contributed by atoms with Crippen LogP contribution in [0.2, 0.25) is 0 Å². The van der Waals surface area contributed by atoms with E-state index in [1.165, 1.54) is 14.8 Å². The first kappa shape index (κ1) is 9.37. The van der Waals surface area contributed by atoms with Crippen LogP contribution in [0, 0.1) is 6.07 Å². The van der Waals surface area contributed by atoms with Crippen molar-refractivity contribution < 1.29 is 14.8 Å². The van der Waals surface area contributed by atoms with E-state index in [0.717, 1.165) is 5.69 Å². The zero-order valence-corrected chi connectivity index (χ0v) is 10.1. The number of anilines is 1. The van der Waals surface area contributed by atoms with Crippen molar-refractivity contribution in [3.8, 4) is 0 Å². The van der Waals surface area contributed by atoms with Crippen LogP contribution in [0.4, 0.5) is 5.69 Å². The Hall–Kier alpha value is 0.373. The molecule has 0 saturated heterocycles. The Kier molecular flexibility index (Phi) is 6.76. The number of nitrogen functional groups attached to an aromatic ring is 1. The second kappa shape index (κ2) is 6.49. The molecule has 9 heavy (non-hydrogen) atoms. The van der Waals surface area contributed by atoms with Crippen LogP contribution in [0.15, 0.2) is 24.3 Å². The summed E-state index contributed by atoms with van der Waals surface area (Å²) < 4.78 is 0. The first-order valence-electron chi connectivity index (χ1n) is 2.38. The standard InChI is InChI=1S/C6H6N.HI.Zn/c7-6-4-2-1-3-5-6;;/h2-5H,7H2;1H;/q-1;;+2/p-1. The molecule has 2 N–H and O–H groups in total. The zero-order chi connectivity index (χ0) is 7.11. The molecule has 0 spiro atoms. The summed E-state index contributed by atoms with van der Waals surface area (Å²) >= 11 is 3.62. The van der Waals surface area contributed by atoms with Gasteiger partial charge in [-0.2, -0.15) is 18.2 Å². The van der Waals surface area contributed by atoms with Crippen molar-refractivity contribution in [3.05, 3.63) is 30.3 Å². The first-order valence-corrected chi connectivity index (χ1v) is 11.4.